The number of aromatic amines is 1. The molecule has 0 saturated carbocycles. The molecule has 21 heavy (non-hydrogen) atoms. The van der Waals surface area contributed by atoms with Crippen molar-refractivity contribution in [2.75, 3.05) is 10.5 Å². The standard InChI is InChI=1S/C13H17ClN4O2S/c1-13(2,3)10-7-11(17-16-10)18-21(19,20)12-8(14)5-4-6-9(12)15/h4-7H,15H2,1-3H3,(H2,16,17,18). The van der Waals surface area contributed by atoms with Crippen LogP contribution in [0, 0.1) is 0 Å². The van der Waals surface area contributed by atoms with Gasteiger partial charge in [0.15, 0.2) is 5.82 Å². The van der Waals surface area contributed by atoms with Crippen molar-refractivity contribution in [1.82, 2.24) is 10.2 Å². The Balaban J connectivity index is 2.36. The molecule has 2 rings (SSSR count). The van der Waals surface area contributed by atoms with Crippen molar-refractivity contribution in [3.05, 3.63) is 35.0 Å². The minimum atomic E-state index is -3.90. The van der Waals surface area contributed by atoms with E-state index in [-0.39, 0.29) is 26.8 Å². The van der Waals surface area contributed by atoms with Gasteiger partial charge in [-0.2, -0.15) is 5.10 Å². The van der Waals surface area contributed by atoms with Gasteiger partial charge in [0.25, 0.3) is 10.0 Å². The van der Waals surface area contributed by atoms with E-state index in [1.165, 1.54) is 12.1 Å². The lowest BCUT2D eigenvalue weighted by atomic mass is 9.92. The number of hydrogen-bond donors (Lipinski definition) is 3. The van der Waals surface area contributed by atoms with E-state index in [0.29, 0.717) is 0 Å². The summed E-state index contributed by atoms with van der Waals surface area (Å²) in [6.07, 6.45) is 0. The molecule has 2 aromatic rings. The lowest BCUT2D eigenvalue weighted by Gasteiger charge is -2.14. The molecule has 114 valence electrons. The third-order valence-corrected chi connectivity index (χ3v) is 4.79. The first-order valence-corrected chi connectivity index (χ1v) is 8.10. The number of benzene rings is 1. The summed E-state index contributed by atoms with van der Waals surface area (Å²) < 4.78 is 27.1. The van der Waals surface area contributed by atoms with Crippen LogP contribution < -0.4 is 10.5 Å². The van der Waals surface area contributed by atoms with E-state index in [1.54, 1.807) is 12.1 Å². The molecule has 1 heterocycles. The zero-order chi connectivity index (χ0) is 15.8. The van der Waals surface area contributed by atoms with Gasteiger partial charge in [-0.15, -0.1) is 0 Å². The summed E-state index contributed by atoms with van der Waals surface area (Å²) in [4.78, 5) is -0.146. The highest BCUT2D eigenvalue weighted by Crippen LogP contribution is 2.29. The summed E-state index contributed by atoms with van der Waals surface area (Å²) in [7, 11) is -3.90. The molecule has 0 fully saturated rings. The second kappa shape index (κ2) is 5.23. The van der Waals surface area contributed by atoms with Crippen molar-refractivity contribution < 1.29 is 8.42 Å². The summed E-state index contributed by atoms with van der Waals surface area (Å²) in [5.74, 6) is 0.194. The predicted molar refractivity (Wildman–Crippen MR) is 84.0 cm³/mol. The van der Waals surface area contributed by atoms with Crippen LogP contribution in [-0.2, 0) is 15.4 Å². The highest BCUT2D eigenvalue weighted by Gasteiger charge is 2.23. The van der Waals surface area contributed by atoms with Crippen LogP contribution in [0.1, 0.15) is 26.5 Å². The van der Waals surface area contributed by atoms with Crippen LogP contribution in [0.2, 0.25) is 5.02 Å². The fourth-order valence-electron chi connectivity index (χ4n) is 1.76. The highest BCUT2D eigenvalue weighted by atomic mass is 35.5. The smallest absolute Gasteiger partial charge is 0.266 e. The molecule has 0 atom stereocenters. The van der Waals surface area contributed by atoms with Crippen LogP contribution in [0.15, 0.2) is 29.2 Å². The number of sulfonamides is 1. The van der Waals surface area contributed by atoms with Gasteiger partial charge in [0.1, 0.15) is 4.90 Å². The van der Waals surface area contributed by atoms with Crippen LogP contribution in [0.5, 0.6) is 0 Å². The molecule has 4 N–H and O–H groups in total. The quantitative estimate of drug-likeness (QED) is 0.754. The topological polar surface area (TPSA) is 101 Å². The number of nitrogens with zero attached hydrogens (tertiary/aromatic N) is 1. The van der Waals surface area contributed by atoms with E-state index >= 15 is 0 Å². The Morgan fingerprint density at radius 2 is 2.00 bits per heavy atom. The Bertz CT molecular complexity index is 742. The van der Waals surface area contributed by atoms with Gasteiger partial charge >= 0.3 is 0 Å². The highest BCUT2D eigenvalue weighted by molar-refractivity contribution is 7.93. The first kappa shape index (κ1) is 15.7. The average molecular weight is 329 g/mol. The van der Waals surface area contributed by atoms with Gasteiger partial charge < -0.3 is 5.73 Å². The van der Waals surface area contributed by atoms with Crippen LogP contribution >= 0.6 is 11.6 Å². The average Bonchev–Trinajstić information content (AvgIpc) is 2.75. The summed E-state index contributed by atoms with van der Waals surface area (Å²) >= 11 is 5.93. The molecule has 0 bridgehead atoms. The van der Waals surface area contributed by atoms with E-state index < -0.39 is 10.0 Å². The van der Waals surface area contributed by atoms with Crippen molar-refractivity contribution in [3.8, 4) is 0 Å². The number of anilines is 2. The van der Waals surface area contributed by atoms with E-state index in [9.17, 15) is 8.42 Å². The Labute approximate surface area is 128 Å². The van der Waals surface area contributed by atoms with Crippen molar-refractivity contribution in [3.63, 3.8) is 0 Å². The fraction of sp³-hybridized carbons (Fsp3) is 0.308. The number of halogens is 1. The number of rotatable bonds is 3. The van der Waals surface area contributed by atoms with Gasteiger partial charge in [-0.25, -0.2) is 8.42 Å². The molecule has 0 amide bonds. The normalized spacial score (nSPS) is 12.4. The fourth-order valence-corrected chi connectivity index (χ4v) is 3.43. The maximum absolute atomic E-state index is 12.4. The van der Waals surface area contributed by atoms with Gasteiger partial charge in [-0.3, -0.25) is 9.82 Å². The first-order valence-electron chi connectivity index (χ1n) is 6.24. The molecule has 1 aromatic carbocycles. The molecule has 0 saturated heterocycles. The summed E-state index contributed by atoms with van der Waals surface area (Å²) in [5.41, 5.74) is 6.43. The number of nitrogen functional groups attached to an aromatic ring is 1. The zero-order valence-corrected chi connectivity index (χ0v) is 13.5. The van der Waals surface area contributed by atoms with Crippen molar-refractivity contribution in [2.24, 2.45) is 0 Å². The molecule has 0 aliphatic heterocycles. The van der Waals surface area contributed by atoms with Crippen LogP contribution in [0.4, 0.5) is 11.5 Å². The molecular formula is C13H17ClN4O2S. The third kappa shape index (κ3) is 3.30. The first-order chi connectivity index (χ1) is 9.61. The molecule has 0 aliphatic rings. The van der Waals surface area contributed by atoms with Gasteiger partial charge in [-0.1, -0.05) is 38.4 Å². The van der Waals surface area contributed by atoms with Crippen LogP contribution in [0.25, 0.3) is 0 Å². The molecule has 1 aromatic heterocycles. The lowest BCUT2D eigenvalue weighted by molar-refractivity contribution is 0.567. The second-order valence-electron chi connectivity index (χ2n) is 5.68. The number of H-pyrrole nitrogens is 1. The second-order valence-corrected chi connectivity index (χ2v) is 7.71. The number of nitrogens with two attached hydrogens (primary N) is 1. The maximum Gasteiger partial charge on any atom is 0.266 e. The minimum Gasteiger partial charge on any atom is -0.398 e. The molecule has 0 unspecified atom stereocenters. The van der Waals surface area contributed by atoms with Gasteiger partial charge in [-0.05, 0) is 12.1 Å². The monoisotopic (exact) mass is 328 g/mol. The number of nitrogens with one attached hydrogen (secondary N) is 2. The van der Waals surface area contributed by atoms with Crippen molar-refractivity contribution >= 4 is 33.1 Å². The Morgan fingerprint density at radius 3 is 2.52 bits per heavy atom. The van der Waals surface area contributed by atoms with E-state index in [0.717, 1.165) is 5.69 Å². The molecule has 0 aliphatic carbocycles. The Hall–Kier alpha value is -1.73. The van der Waals surface area contributed by atoms with E-state index in [1.807, 2.05) is 20.8 Å². The van der Waals surface area contributed by atoms with Gasteiger partial charge in [0.05, 0.1) is 10.7 Å². The molecule has 8 heteroatoms. The number of aromatic nitrogens is 2. The van der Waals surface area contributed by atoms with Crippen molar-refractivity contribution in [2.45, 2.75) is 31.1 Å². The molecule has 0 spiro atoms. The Morgan fingerprint density at radius 1 is 1.33 bits per heavy atom. The van der Waals surface area contributed by atoms with Gasteiger partial charge in [0.2, 0.25) is 0 Å². The van der Waals surface area contributed by atoms with Crippen LogP contribution in [0.3, 0.4) is 0 Å². The lowest BCUT2D eigenvalue weighted by Crippen LogP contribution is -2.15. The molecule has 6 nitrogen and oxygen atoms in total. The molecular weight excluding hydrogens is 312 g/mol. The van der Waals surface area contributed by atoms with E-state index in [4.69, 9.17) is 17.3 Å². The summed E-state index contributed by atoms with van der Waals surface area (Å²) in [6.45, 7) is 5.97. The van der Waals surface area contributed by atoms with Crippen LogP contribution in [-0.4, -0.2) is 18.6 Å². The minimum absolute atomic E-state index is 0.0640. The summed E-state index contributed by atoms with van der Waals surface area (Å²) in [5, 5.41) is 6.83. The van der Waals surface area contributed by atoms with Crippen molar-refractivity contribution in [1.29, 1.82) is 0 Å². The summed E-state index contributed by atoms with van der Waals surface area (Å²) in [6, 6.07) is 6.18. The Kier molecular flexibility index (Phi) is 3.90. The SMILES string of the molecule is CC(C)(C)c1cc(NS(=O)(=O)c2c(N)cccc2Cl)n[nH]1. The zero-order valence-electron chi connectivity index (χ0n) is 11.9. The van der Waals surface area contributed by atoms with E-state index in [2.05, 4.69) is 14.9 Å². The largest absolute Gasteiger partial charge is 0.398 e. The molecule has 0 radical (unpaired) electrons. The number of hydrogen-bond acceptors (Lipinski definition) is 4. The predicted octanol–water partition coefficient (Wildman–Crippen LogP) is 2.74. The van der Waals surface area contributed by atoms with Gasteiger partial charge in [0, 0.05) is 17.2 Å². The maximum atomic E-state index is 12.4. The third-order valence-electron chi connectivity index (χ3n) is 2.89.